The third-order valence-electron chi connectivity index (χ3n) is 5.00. The second-order valence-electron chi connectivity index (χ2n) is 8.38. The average Bonchev–Trinajstić information content (AvgIpc) is 3.05. The highest BCUT2D eigenvalue weighted by atomic mass is 16.3. The molecule has 31 heavy (non-hydrogen) atoms. The van der Waals surface area contributed by atoms with Gasteiger partial charge in [0.25, 0.3) is 5.91 Å². The van der Waals surface area contributed by atoms with Crippen LogP contribution >= 0.6 is 0 Å². The van der Waals surface area contributed by atoms with Crippen molar-refractivity contribution in [3.63, 3.8) is 0 Å². The number of amides is 1. The van der Waals surface area contributed by atoms with Crippen molar-refractivity contribution in [3.05, 3.63) is 70.9 Å². The number of aromatic nitrogens is 2. The summed E-state index contributed by atoms with van der Waals surface area (Å²) in [6, 6.07) is 14.3. The topological polar surface area (TPSA) is 96.6 Å². The van der Waals surface area contributed by atoms with E-state index in [2.05, 4.69) is 36.4 Å². The van der Waals surface area contributed by atoms with Gasteiger partial charge in [-0.2, -0.15) is 10.2 Å². The summed E-state index contributed by atoms with van der Waals surface area (Å²) in [7, 11) is 1.74. The van der Waals surface area contributed by atoms with Crippen molar-refractivity contribution in [3.8, 4) is 17.0 Å². The smallest absolute Gasteiger partial charge is 0.271 e. The van der Waals surface area contributed by atoms with E-state index in [1.807, 2.05) is 24.3 Å². The number of rotatable bonds is 5. The van der Waals surface area contributed by atoms with Crippen LogP contribution in [0.5, 0.6) is 5.75 Å². The Bertz CT molecular complexity index is 1150. The van der Waals surface area contributed by atoms with Crippen LogP contribution in [-0.2, 0) is 12.5 Å². The number of carbonyl (C=O) groups is 2. The van der Waals surface area contributed by atoms with Gasteiger partial charge in [-0.3, -0.25) is 14.3 Å². The second-order valence-corrected chi connectivity index (χ2v) is 8.38. The monoisotopic (exact) mass is 418 g/mol. The predicted octanol–water partition coefficient (Wildman–Crippen LogP) is 4.06. The van der Waals surface area contributed by atoms with Crippen LogP contribution in [0.25, 0.3) is 11.3 Å². The molecule has 2 aromatic carbocycles. The molecular weight excluding hydrogens is 392 g/mol. The van der Waals surface area contributed by atoms with Crippen molar-refractivity contribution in [1.82, 2.24) is 15.2 Å². The third-order valence-corrected chi connectivity index (χ3v) is 5.00. The lowest BCUT2D eigenvalue weighted by atomic mass is 9.86. The number of carbonyl (C=O) groups excluding carboxylic acids is 2. The van der Waals surface area contributed by atoms with E-state index >= 15 is 0 Å². The van der Waals surface area contributed by atoms with Gasteiger partial charge in [-0.05, 0) is 30.0 Å². The Balaban J connectivity index is 1.85. The van der Waals surface area contributed by atoms with Gasteiger partial charge in [0.05, 0.1) is 5.71 Å². The fourth-order valence-corrected chi connectivity index (χ4v) is 3.21. The first-order valence-corrected chi connectivity index (χ1v) is 9.89. The van der Waals surface area contributed by atoms with Gasteiger partial charge in [-0.1, -0.05) is 57.2 Å². The van der Waals surface area contributed by atoms with Crippen molar-refractivity contribution >= 4 is 17.9 Å². The van der Waals surface area contributed by atoms with Crippen LogP contribution in [0.2, 0.25) is 0 Å². The predicted molar refractivity (Wildman–Crippen MR) is 121 cm³/mol. The number of hydrogen-bond donors (Lipinski definition) is 2. The highest BCUT2D eigenvalue weighted by molar-refractivity contribution is 6.02. The molecule has 0 aliphatic carbocycles. The van der Waals surface area contributed by atoms with E-state index in [1.165, 1.54) is 11.6 Å². The molecule has 1 aromatic heterocycles. The van der Waals surface area contributed by atoms with Crippen LogP contribution in [-0.4, -0.2) is 32.8 Å². The average molecular weight is 418 g/mol. The Morgan fingerprint density at radius 3 is 2.45 bits per heavy atom. The van der Waals surface area contributed by atoms with Crippen LogP contribution < -0.4 is 5.43 Å². The molecule has 0 spiro atoms. The number of aromatic hydroxyl groups is 1. The Morgan fingerprint density at radius 1 is 1.16 bits per heavy atom. The van der Waals surface area contributed by atoms with E-state index < -0.39 is 5.91 Å². The number of hydrazone groups is 1. The maximum Gasteiger partial charge on any atom is 0.271 e. The van der Waals surface area contributed by atoms with Crippen molar-refractivity contribution < 1.29 is 14.7 Å². The lowest BCUT2D eigenvalue weighted by Gasteiger charge is -2.19. The summed E-state index contributed by atoms with van der Waals surface area (Å²) < 4.78 is 1.59. The van der Waals surface area contributed by atoms with Gasteiger partial charge >= 0.3 is 0 Å². The fourth-order valence-electron chi connectivity index (χ4n) is 3.21. The van der Waals surface area contributed by atoms with Crippen LogP contribution in [0.1, 0.15) is 59.7 Å². The zero-order chi connectivity index (χ0) is 22.8. The molecule has 3 rings (SSSR count). The molecule has 0 unspecified atom stereocenters. The quantitative estimate of drug-likeness (QED) is 0.371. The summed E-state index contributed by atoms with van der Waals surface area (Å²) in [5.41, 5.74) is 6.40. The fraction of sp³-hybridized carbons (Fsp3) is 0.250. The summed E-state index contributed by atoms with van der Waals surface area (Å²) in [4.78, 5) is 23.2. The van der Waals surface area contributed by atoms with E-state index in [0.29, 0.717) is 28.8 Å². The molecule has 7 heteroatoms. The molecule has 160 valence electrons. The summed E-state index contributed by atoms with van der Waals surface area (Å²) in [6.45, 7) is 8.08. The maximum absolute atomic E-state index is 12.3. The van der Waals surface area contributed by atoms with Crippen LogP contribution in [0.3, 0.4) is 0 Å². The molecule has 1 heterocycles. The molecule has 0 bridgehead atoms. The molecule has 1 amide bonds. The minimum absolute atomic E-state index is 0.00976. The number of nitrogens with zero attached hydrogens (tertiary/aromatic N) is 3. The molecule has 0 radical (unpaired) electrons. The number of aldehydes is 1. The maximum atomic E-state index is 12.3. The van der Waals surface area contributed by atoms with Crippen LogP contribution in [0, 0.1) is 0 Å². The van der Waals surface area contributed by atoms with E-state index in [0.717, 1.165) is 5.56 Å². The number of hydrogen-bond acceptors (Lipinski definition) is 5. The summed E-state index contributed by atoms with van der Waals surface area (Å²) in [6.07, 6.45) is 0.673. The Morgan fingerprint density at radius 2 is 1.84 bits per heavy atom. The largest absolute Gasteiger partial charge is 0.504 e. The zero-order valence-corrected chi connectivity index (χ0v) is 18.3. The highest BCUT2D eigenvalue weighted by Gasteiger charge is 2.20. The summed E-state index contributed by atoms with van der Waals surface area (Å²) >= 11 is 0. The van der Waals surface area contributed by atoms with E-state index in [4.69, 9.17) is 0 Å². The molecule has 0 aliphatic rings. The molecule has 3 aromatic rings. The van der Waals surface area contributed by atoms with Crippen LogP contribution in [0.15, 0.2) is 53.6 Å². The molecule has 0 saturated heterocycles. The zero-order valence-electron chi connectivity index (χ0n) is 18.3. The molecular formula is C24H26N4O3. The third kappa shape index (κ3) is 4.71. The lowest BCUT2D eigenvalue weighted by molar-refractivity contribution is 0.0954. The minimum Gasteiger partial charge on any atom is -0.504 e. The summed E-state index contributed by atoms with van der Waals surface area (Å²) in [5.74, 6) is -0.471. The first kappa shape index (κ1) is 22.0. The van der Waals surface area contributed by atoms with Gasteiger partial charge in [-0.15, -0.1) is 0 Å². The number of nitrogens with one attached hydrogen (secondary N) is 1. The first-order valence-electron chi connectivity index (χ1n) is 9.89. The Labute approximate surface area is 181 Å². The van der Waals surface area contributed by atoms with E-state index in [9.17, 15) is 14.7 Å². The van der Waals surface area contributed by atoms with Crippen molar-refractivity contribution in [2.24, 2.45) is 12.1 Å². The first-order chi connectivity index (χ1) is 14.6. The van der Waals surface area contributed by atoms with Crippen molar-refractivity contribution in [2.45, 2.75) is 33.1 Å². The van der Waals surface area contributed by atoms with Gasteiger partial charge in [0.2, 0.25) is 0 Å². The molecule has 0 fully saturated rings. The van der Waals surface area contributed by atoms with Gasteiger partial charge in [0.1, 0.15) is 12.0 Å². The van der Waals surface area contributed by atoms with Gasteiger partial charge in [-0.25, -0.2) is 5.43 Å². The van der Waals surface area contributed by atoms with Crippen LogP contribution in [0.4, 0.5) is 0 Å². The number of benzene rings is 2. The summed E-state index contributed by atoms with van der Waals surface area (Å²) in [5, 5.41) is 19.2. The van der Waals surface area contributed by atoms with E-state index in [-0.39, 0.29) is 16.9 Å². The molecule has 0 saturated carbocycles. The Kier molecular flexibility index (Phi) is 6.06. The second kappa shape index (κ2) is 8.55. The molecule has 0 atom stereocenters. The van der Waals surface area contributed by atoms with Gasteiger partial charge in [0.15, 0.2) is 11.4 Å². The number of aryl methyl sites for hydroxylation is 1. The minimum atomic E-state index is -0.462. The van der Waals surface area contributed by atoms with Gasteiger partial charge < -0.3 is 5.11 Å². The lowest BCUT2D eigenvalue weighted by Crippen LogP contribution is -2.19. The van der Waals surface area contributed by atoms with E-state index in [1.54, 1.807) is 36.9 Å². The Hall–Kier alpha value is -3.74. The normalized spacial score (nSPS) is 12.0. The molecule has 0 aliphatic heterocycles. The standard InChI is InChI=1S/C24H26N4O3/c1-15(25-26-23(31)18-8-6-7-16(13-18)14-29)20-22(30)21(28(5)27-20)17-9-11-19(12-10-17)24(2,3)4/h6-14,30H,1-5H3,(H,26,31)/b25-15+. The van der Waals surface area contributed by atoms with Crippen molar-refractivity contribution in [1.29, 1.82) is 0 Å². The highest BCUT2D eigenvalue weighted by Crippen LogP contribution is 2.33. The SMILES string of the molecule is C/C(=N\NC(=O)c1cccc(C=O)c1)c1nn(C)c(-c2ccc(C(C)(C)C)cc2)c1O. The van der Waals surface area contributed by atoms with Crippen molar-refractivity contribution in [2.75, 3.05) is 0 Å². The molecule has 7 nitrogen and oxygen atoms in total. The van der Waals surface area contributed by atoms with Gasteiger partial charge in [0, 0.05) is 23.7 Å². The molecule has 2 N–H and O–H groups in total.